The van der Waals surface area contributed by atoms with Crippen LogP contribution < -0.4 is 9.62 Å². The highest BCUT2D eigenvalue weighted by molar-refractivity contribution is 7.92. The van der Waals surface area contributed by atoms with E-state index in [4.69, 9.17) is 0 Å². The molecule has 5 nitrogen and oxygen atoms in total. The van der Waals surface area contributed by atoms with Crippen LogP contribution in [0.1, 0.15) is 12.5 Å². The molecule has 7 heteroatoms. The zero-order valence-electron chi connectivity index (χ0n) is 14.9. The van der Waals surface area contributed by atoms with Crippen molar-refractivity contribution in [1.29, 1.82) is 0 Å². The van der Waals surface area contributed by atoms with Crippen molar-refractivity contribution in [2.24, 2.45) is 5.92 Å². The molecule has 0 aliphatic carbocycles. The molecule has 2 rings (SSSR count). The summed E-state index contributed by atoms with van der Waals surface area (Å²) >= 11 is 0. The van der Waals surface area contributed by atoms with Gasteiger partial charge in [0.2, 0.25) is 15.9 Å². The van der Waals surface area contributed by atoms with Gasteiger partial charge in [-0.2, -0.15) is 0 Å². The Morgan fingerprint density at radius 3 is 2.38 bits per heavy atom. The van der Waals surface area contributed by atoms with Crippen molar-refractivity contribution in [3.05, 3.63) is 66.0 Å². The zero-order valence-corrected chi connectivity index (χ0v) is 15.7. The van der Waals surface area contributed by atoms with Crippen molar-refractivity contribution in [2.45, 2.75) is 13.3 Å². The standard InChI is InChI=1S/C19H23FN2O3S/c1-15(14-16-8-6-7-11-18(16)20)19(23)21-12-13-26(24,25)22(2)17-9-4-3-5-10-17/h3-11,15H,12-14H2,1-2H3,(H,21,23). The largest absolute Gasteiger partial charge is 0.355 e. The van der Waals surface area contributed by atoms with Crippen molar-refractivity contribution in [3.8, 4) is 0 Å². The maximum atomic E-state index is 13.7. The number of carbonyl (C=O) groups excluding carboxylic acids is 1. The summed E-state index contributed by atoms with van der Waals surface area (Å²) in [5, 5.41) is 2.62. The molecule has 2 aromatic carbocycles. The first kappa shape index (κ1) is 19.9. The molecule has 1 unspecified atom stereocenters. The maximum absolute atomic E-state index is 13.7. The lowest BCUT2D eigenvalue weighted by molar-refractivity contribution is -0.124. The number of benzene rings is 2. The molecule has 1 N–H and O–H groups in total. The molecule has 0 bridgehead atoms. The zero-order chi connectivity index (χ0) is 19.2. The lowest BCUT2D eigenvalue weighted by Crippen LogP contribution is -2.37. The quantitative estimate of drug-likeness (QED) is 0.768. The maximum Gasteiger partial charge on any atom is 0.236 e. The molecule has 0 fully saturated rings. The molecule has 0 spiro atoms. The van der Waals surface area contributed by atoms with Crippen LogP contribution in [0.3, 0.4) is 0 Å². The first-order chi connectivity index (χ1) is 12.3. The smallest absolute Gasteiger partial charge is 0.236 e. The summed E-state index contributed by atoms with van der Waals surface area (Å²) in [5.41, 5.74) is 1.03. The van der Waals surface area contributed by atoms with Gasteiger partial charge in [-0.3, -0.25) is 9.10 Å². The Balaban J connectivity index is 1.86. The first-order valence-corrected chi connectivity index (χ1v) is 9.95. The third kappa shape index (κ3) is 5.29. The van der Waals surface area contributed by atoms with E-state index in [9.17, 15) is 17.6 Å². The number of hydrogen-bond acceptors (Lipinski definition) is 3. The molecule has 1 atom stereocenters. The average molecular weight is 378 g/mol. The van der Waals surface area contributed by atoms with E-state index in [0.29, 0.717) is 11.3 Å². The Kier molecular flexibility index (Phi) is 6.74. The highest BCUT2D eigenvalue weighted by Crippen LogP contribution is 2.15. The predicted molar refractivity (Wildman–Crippen MR) is 101 cm³/mol. The van der Waals surface area contributed by atoms with E-state index in [2.05, 4.69) is 5.32 Å². The molecular weight excluding hydrogens is 355 g/mol. The number of carbonyl (C=O) groups is 1. The van der Waals surface area contributed by atoms with Crippen LogP contribution in [0.4, 0.5) is 10.1 Å². The van der Waals surface area contributed by atoms with Gasteiger partial charge in [-0.1, -0.05) is 43.3 Å². The van der Waals surface area contributed by atoms with Crippen LogP contribution >= 0.6 is 0 Å². The van der Waals surface area contributed by atoms with E-state index < -0.39 is 15.9 Å². The van der Waals surface area contributed by atoms with Crippen LogP contribution in [-0.4, -0.2) is 33.7 Å². The second-order valence-corrected chi connectivity index (χ2v) is 8.23. The van der Waals surface area contributed by atoms with Crippen LogP contribution in [0.5, 0.6) is 0 Å². The van der Waals surface area contributed by atoms with Crippen LogP contribution in [0.15, 0.2) is 54.6 Å². The molecule has 140 valence electrons. The summed E-state index contributed by atoms with van der Waals surface area (Å²) in [6, 6.07) is 15.0. The van der Waals surface area contributed by atoms with Crippen molar-refractivity contribution in [1.82, 2.24) is 5.32 Å². The van der Waals surface area contributed by atoms with Gasteiger partial charge in [-0.25, -0.2) is 12.8 Å². The van der Waals surface area contributed by atoms with Gasteiger partial charge in [0.1, 0.15) is 5.82 Å². The van der Waals surface area contributed by atoms with E-state index in [1.807, 2.05) is 0 Å². The van der Waals surface area contributed by atoms with Crippen LogP contribution in [-0.2, 0) is 21.2 Å². The molecule has 0 heterocycles. The van der Waals surface area contributed by atoms with E-state index in [1.165, 1.54) is 17.4 Å². The van der Waals surface area contributed by atoms with Crippen LogP contribution in [0.25, 0.3) is 0 Å². The number of anilines is 1. The van der Waals surface area contributed by atoms with E-state index in [-0.39, 0.29) is 30.4 Å². The third-order valence-corrected chi connectivity index (χ3v) is 5.89. The van der Waals surface area contributed by atoms with Gasteiger partial charge in [0, 0.05) is 19.5 Å². The second kappa shape index (κ2) is 8.80. The fourth-order valence-corrected chi connectivity index (χ4v) is 3.58. The summed E-state index contributed by atoms with van der Waals surface area (Å²) in [5.74, 6) is -1.32. The molecule has 0 aliphatic heterocycles. The number of sulfonamides is 1. The number of nitrogens with zero attached hydrogens (tertiary/aromatic N) is 1. The van der Waals surface area contributed by atoms with Crippen molar-refractivity contribution < 1.29 is 17.6 Å². The van der Waals surface area contributed by atoms with E-state index in [1.54, 1.807) is 55.5 Å². The number of hydrogen-bond donors (Lipinski definition) is 1. The van der Waals surface area contributed by atoms with Gasteiger partial charge < -0.3 is 5.32 Å². The Hall–Kier alpha value is -2.41. The minimum absolute atomic E-state index is 0.0000476. The molecule has 26 heavy (non-hydrogen) atoms. The predicted octanol–water partition coefficient (Wildman–Crippen LogP) is 2.59. The molecule has 0 radical (unpaired) electrons. The van der Waals surface area contributed by atoms with Crippen LogP contribution in [0, 0.1) is 11.7 Å². The number of nitrogens with one attached hydrogen (secondary N) is 1. The summed E-state index contributed by atoms with van der Waals surface area (Å²) in [7, 11) is -2.06. The first-order valence-electron chi connectivity index (χ1n) is 8.34. The Morgan fingerprint density at radius 2 is 1.73 bits per heavy atom. The molecule has 0 saturated carbocycles. The Bertz CT molecular complexity index is 841. The van der Waals surface area contributed by atoms with Gasteiger partial charge in [0.15, 0.2) is 0 Å². The lowest BCUT2D eigenvalue weighted by atomic mass is 10.00. The number of halogens is 1. The molecule has 0 aliphatic rings. The average Bonchev–Trinajstić information content (AvgIpc) is 2.63. The third-order valence-electron chi connectivity index (χ3n) is 4.13. The number of para-hydroxylation sites is 1. The van der Waals surface area contributed by atoms with Crippen molar-refractivity contribution in [3.63, 3.8) is 0 Å². The SMILES string of the molecule is CC(Cc1ccccc1F)C(=O)NCCS(=O)(=O)N(C)c1ccccc1. The van der Waals surface area contributed by atoms with E-state index >= 15 is 0 Å². The topological polar surface area (TPSA) is 66.5 Å². The van der Waals surface area contributed by atoms with Gasteiger partial charge in [0.05, 0.1) is 11.4 Å². The summed E-state index contributed by atoms with van der Waals surface area (Å²) < 4.78 is 39.5. The molecule has 1 amide bonds. The van der Waals surface area contributed by atoms with Gasteiger partial charge in [-0.15, -0.1) is 0 Å². The lowest BCUT2D eigenvalue weighted by Gasteiger charge is -2.20. The Labute approximate surface area is 153 Å². The van der Waals surface area contributed by atoms with Crippen molar-refractivity contribution >= 4 is 21.6 Å². The Morgan fingerprint density at radius 1 is 1.12 bits per heavy atom. The van der Waals surface area contributed by atoms with Crippen molar-refractivity contribution in [2.75, 3.05) is 23.7 Å². The summed E-state index contributed by atoms with van der Waals surface area (Å²) in [6.45, 7) is 1.69. The van der Waals surface area contributed by atoms with Gasteiger partial charge >= 0.3 is 0 Å². The minimum atomic E-state index is -3.54. The highest BCUT2D eigenvalue weighted by atomic mass is 32.2. The van der Waals surface area contributed by atoms with Gasteiger partial charge in [0.25, 0.3) is 0 Å². The van der Waals surface area contributed by atoms with Gasteiger partial charge in [-0.05, 0) is 30.2 Å². The fourth-order valence-electron chi connectivity index (χ4n) is 2.50. The molecular formula is C19H23FN2O3S. The molecule has 2 aromatic rings. The summed E-state index contributed by atoms with van der Waals surface area (Å²) in [6.07, 6.45) is 0.259. The molecule has 0 saturated heterocycles. The fraction of sp³-hybridized carbons (Fsp3) is 0.316. The number of amides is 1. The van der Waals surface area contributed by atoms with E-state index in [0.717, 1.165) is 0 Å². The second-order valence-electron chi connectivity index (χ2n) is 6.11. The molecule has 0 aromatic heterocycles. The van der Waals surface area contributed by atoms with Crippen LogP contribution in [0.2, 0.25) is 0 Å². The monoisotopic (exact) mass is 378 g/mol. The normalized spacial score (nSPS) is 12.4. The summed E-state index contributed by atoms with van der Waals surface area (Å²) in [4.78, 5) is 12.1. The highest BCUT2D eigenvalue weighted by Gasteiger charge is 2.20. The number of rotatable bonds is 8. The minimum Gasteiger partial charge on any atom is -0.355 e.